The van der Waals surface area contributed by atoms with E-state index < -0.39 is 0 Å². The normalized spacial score (nSPS) is 15.9. The van der Waals surface area contributed by atoms with Crippen molar-refractivity contribution in [1.29, 1.82) is 0 Å². The largest absolute Gasteiger partial charge is 0.316 e. The summed E-state index contributed by atoms with van der Waals surface area (Å²) in [6.07, 6.45) is 4.15. The number of rotatable bonds is 5. The van der Waals surface area contributed by atoms with Gasteiger partial charge in [-0.25, -0.2) is 0 Å². The van der Waals surface area contributed by atoms with Gasteiger partial charge in [-0.15, -0.1) is 11.3 Å². The van der Waals surface area contributed by atoms with E-state index in [1.54, 1.807) is 23.1 Å². The lowest BCUT2D eigenvalue weighted by Crippen LogP contribution is -2.17. The summed E-state index contributed by atoms with van der Waals surface area (Å²) in [6.45, 7) is 0.835. The highest BCUT2D eigenvalue weighted by molar-refractivity contribution is 8.39. The maximum absolute atomic E-state index is 13.2. The molecule has 0 radical (unpaired) electrons. The molecule has 0 atom stereocenters. The minimum atomic E-state index is -0.0732. The number of carbonyl (C=O) groups is 2. The fraction of sp³-hybridized carbons (Fsp3) is 0.350. The van der Waals surface area contributed by atoms with E-state index in [0.29, 0.717) is 21.9 Å². The fourth-order valence-corrected chi connectivity index (χ4v) is 6.43. The first-order valence-corrected chi connectivity index (χ1v) is 11.9. The van der Waals surface area contributed by atoms with E-state index in [2.05, 4.69) is 10.3 Å². The van der Waals surface area contributed by atoms with Crippen LogP contribution in [0.25, 0.3) is 0 Å². The van der Waals surface area contributed by atoms with Gasteiger partial charge in [0.1, 0.15) is 9.38 Å². The predicted octanol–water partition coefficient (Wildman–Crippen LogP) is 4.63. The van der Waals surface area contributed by atoms with Gasteiger partial charge in [-0.2, -0.15) is 0 Å². The lowest BCUT2D eigenvalue weighted by atomic mass is 9.92. The summed E-state index contributed by atoms with van der Waals surface area (Å²) >= 11 is 4.75. The second-order valence-corrected chi connectivity index (χ2v) is 9.85. The zero-order chi connectivity index (χ0) is 18.6. The number of hydrogen-bond acceptors (Lipinski definition) is 6. The average molecular weight is 417 g/mol. The van der Waals surface area contributed by atoms with Crippen LogP contribution in [0.1, 0.15) is 39.2 Å². The van der Waals surface area contributed by atoms with Crippen LogP contribution in [-0.2, 0) is 17.6 Å². The number of hydrogen-bond donors (Lipinski definition) is 1. The predicted molar refractivity (Wildman–Crippen MR) is 117 cm³/mol. The van der Waals surface area contributed by atoms with Gasteiger partial charge in [-0.05, 0) is 31.2 Å². The second kappa shape index (κ2) is 8.63. The first-order chi connectivity index (χ1) is 13.2. The van der Waals surface area contributed by atoms with Crippen molar-refractivity contribution in [2.75, 3.05) is 23.4 Å². The zero-order valence-corrected chi connectivity index (χ0v) is 17.3. The molecule has 4 nitrogen and oxygen atoms in total. The number of ketones is 1. The molecule has 1 aromatic carbocycles. The smallest absolute Gasteiger partial charge is 0.235 e. The quantitative estimate of drug-likeness (QED) is 0.722. The van der Waals surface area contributed by atoms with E-state index in [-0.39, 0.29) is 11.7 Å². The maximum Gasteiger partial charge on any atom is 0.235 e. The number of aryl methyl sites for hydroxylation is 1. The molecule has 0 saturated heterocycles. The van der Waals surface area contributed by atoms with Gasteiger partial charge >= 0.3 is 0 Å². The van der Waals surface area contributed by atoms with E-state index in [1.165, 1.54) is 16.6 Å². The van der Waals surface area contributed by atoms with Gasteiger partial charge in [0.2, 0.25) is 5.91 Å². The van der Waals surface area contributed by atoms with Gasteiger partial charge in [0.25, 0.3) is 0 Å². The lowest BCUT2D eigenvalue weighted by Gasteiger charge is -2.12. The SMILES string of the molecule is O=C(CSC1=NCCS1)Nc1sc2c(c1C(=O)c1ccccc1)CCCC2. The van der Waals surface area contributed by atoms with Crippen molar-refractivity contribution < 1.29 is 9.59 Å². The molecule has 4 rings (SSSR count). The summed E-state index contributed by atoms with van der Waals surface area (Å²) in [7, 11) is 0. The number of nitrogens with one attached hydrogen (secondary N) is 1. The Kier molecular flexibility index (Phi) is 6.00. The molecule has 1 N–H and O–H groups in total. The maximum atomic E-state index is 13.2. The van der Waals surface area contributed by atoms with Crippen LogP contribution in [0.15, 0.2) is 35.3 Å². The summed E-state index contributed by atoms with van der Waals surface area (Å²) in [5.74, 6) is 1.26. The molecule has 1 amide bonds. The van der Waals surface area contributed by atoms with Crippen molar-refractivity contribution in [2.24, 2.45) is 4.99 Å². The number of nitrogens with zero attached hydrogens (tertiary/aromatic N) is 1. The van der Waals surface area contributed by atoms with Crippen LogP contribution < -0.4 is 5.32 Å². The number of anilines is 1. The number of thiophene rings is 1. The number of thioether (sulfide) groups is 2. The van der Waals surface area contributed by atoms with Crippen molar-refractivity contribution in [1.82, 2.24) is 0 Å². The average Bonchev–Trinajstić information content (AvgIpc) is 3.34. The molecular weight excluding hydrogens is 396 g/mol. The Morgan fingerprint density at radius 3 is 2.74 bits per heavy atom. The van der Waals surface area contributed by atoms with E-state index in [1.807, 2.05) is 30.3 Å². The Hall–Kier alpha value is -1.57. The number of benzene rings is 1. The van der Waals surface area contributed by atoms with Crippen molar-refractivity contribution >= 4 is 55.9 Å². The topological polar surface area (TPSA) is 58.5 Å². The van der Waals surface area contributed by atoms with Crippen molar-refractivity contribution in [3.05, 3.63) is 51.9 Å². The molecule has 7 heteroatoms. The third kappa shape index (κ3) is 4.31. The summed E-state index contributed by atoms with van der Waals surface area (Å²) in [5, 5.41) is 3.73. The van der Waals surface area contributed by atoms with Gasteiger partial charge in [0.15, 0.2) is 5.78 Å². The first-order valence-electron chi connectivity index (χ1n) is 9.06. The summed E-state index contributed by atoms with van der Waals surface area (Å²) < 4.78 is 0.983. The zero-order valence-electron chi connectivity index (χ0n) is 14.8. The van der Waals surface area contributed by atoms with Crippen molar-refractivity contribution in [3.63, 3.8) is 0 Å². The van der Waals surface area contributed by atoms with E-state index in [9.17, 15) is 9.59 Å². The number of amides is 1. The summed E-state index contributed by atoms with van der Waals surface area (Å²) in [6, 6.07) is 9.34. The monoisotopic (exact) mass is 416 g/mol. The Labute approximate surface area is 171 Å². The minimum Gasteiger partial charge on any atom is -0.316 e. The van der Waals surface area contributed by atoms with E-state index >= 15 is 0 Å². The molecule has 0 spiro atoms. The van der Waals surface area contributed by atoms with Gasteiger partial charge in [-0.1, -0.05) is 53.9 Å². The van der Waals surface area contributed by atoms with E-state index in [0.717, 1.165) is 47.9 Å². The van der Waals surface area contributed by atoms with Gasteiger partial charge in [0, 0.05) is 16.2 Å². The highest BCUT2D eigenvalue weighted by Crippen LogP contribution is 2.39. The fourth-order valence-electron chi connectivity index (χ4n) is 3.32. The van der Waals surface area contributed by atoms with Gasteiger partial charge < -0.3 is 5.32 Å². The van der Waals surface area contributed by atoms with E-state index in [4.69, 9.17) is 0 Å². The molecular formula is C20H20N2O2S3. The standard InChI is InChI=1S/C20H20N2O2S3/c23-16(12-26-20-21-10-11-25-20)22-19-17(14-8-4-5-9-15(14)27-19)18(24)13-6-2-1-3-7-13/h1-3,6-7H,4-5,8-12H2,(H,22,23). The molecule has 0 bridgehead atoms. The van der Waals surface area contributed by atoms with Crippen molar-refractivity contribution in [3.8, 4) is 0 Å². The molecule has 1 aliphatic heterocycles. The molecule has 0 saturated carbocycles. The number of carbonyl (C=O) groups excluding carboxylic acids is 2. The molecule has 2 heterocycles. The summed E-state index contributed by atoms with van der Waals surface area (Å²) in [5.41, 5.74) is 2.51. The van der Waals surface area contributed by atoms with Crippen LogP contribution in [0.3, 0.4) is 0 Å². The molecule has 1 aliphatic carbocycles. The van der Waals surface area contributed by atoms with Crippen LogP contribution in [0.2, 0.25) is 0 Å². The van der Waals surface area contributed by atoms with Crippen LogP contribution in [0.4, 0.5) is 5.00 Å². The Bertz CT molecular complexity index is 890. The molecule has 2 aromatic rings. The van der Waals surface area contributed by atoms with Crippen LogP contribution in [0, 0.1) is 0 Å². The second-order valence-electron chi connectivity index (χ2n) is 6.44. The molecule has 0 unspecified atom stereocenters. The molecule has 140 valence electrons. The highest BCUT2D eigenvalue weighted by Gasteiger charge is 2.27. The minimum absolute atomic E-state index is 0.00803. The van der Waals surface area contributed by atoms with Crippen LogP contribution in [-0.4, -0.2) is 34.1 Å². The Balaban J connectivity index is 1.57. The third-order valence-corrected chi connectivity index (χ3v) is 8.03. The highest BCUT2D eigenvalue weighted by atomic mass is 32.2. The van der Waals surface area contributed by atoms with Crippen molar-refractivity contribution in [2.45, 2.75) is 25.7 Å². The Morgan fingerprint density at radius 2 is 1.96 bits per heavy atom. The van der Waals surface area contributed by atoms with Gasteiger partial charge in [-0.3, -0.25) is 14.6 Å². The van der Waals surface area contributed by atoms with Gasteiger partial charge in [0.05, 0.1) is 17.9 Å². The molecule has 2 aliphatic rings. The summed E-state index contributed by atoms with van der Waals surface area (Å²) in [4.78, 5) is 31.3. The van der Waals surface area contributed by atoms with Crippen LogP contribution >= 0.6 is 34.9 Å². The molecule has 0 fully saturated rings. The lowest BCUT2D eigenvalue weighted by molar-refractivity contribution is -0.113. The number of fused-ring (bicyclic) bond motifs is 1. The van der Waals surface area contributed by atoms with Crippen LogP contribution in [0.5, 0.6) is 0 Å². The third-order valence-electron chi connectivity index (χ3n) is 4.57. The number of aliphatic imine (C=N–C) groups is 1. The Morgan fingerprint density at radius 1 is 1.15 bits per heavy atom. The first kappa shape index (κ1) is 18.8. The molecule has 27 heavy (non-hydrogen) atoms. The molecule has 1 aromatic heterocycles.